The van der Waals surface area contributed by atoms with Crippen molar-refractivity contribution >= 4 is 34.0 Å². The normalized spacial score (nSPS) is 14.0. The van der Waals surface area contributed by atoms with Gasteiger partial charge in [-0.3, -0.25) is 4.79 Å². The number of hydrogen-bond acceptors (Lipinski definition) is 7. The summed E-state index contributed by atoms with van der Waals surface area (Å²) < 4.78 is 10.0. The summed E-state index contributed by atoms with van der Waals surface area (Å²) in [7, 11) is 1.42. The van der Waals surface area contributed by atoms with Crippen LogP contribution >= 0.6 is 11.6 Å². The molecule has 3 N–H and O–H groups in total. The molecule has 1 aliphatic rings. The topological polar surface area (TPSA) is 112 Å². The quantitative estimate of drug-likeness (QED) is 0.380. The van der Waals surface area contributed by atoms with Crippen molar-refractivity contribution < 1.29 is 24.3 Å². The smallest absolute Gasteiger partial charge is 0.254 e. The first-order valence-electron chi connectivity index (χ1n) is 10.0. The second-order valence-electron chi connectivity index (χ2n) is 7.79. The SMILES string of the molecule is COc1cc(C(=O)c2c(O)[nH]c3cc(Cl)c(-c4ccc(N5CC(CO)C5)cc4)cc23)on1. The van der Waals surface area contributed by atoms with E-state index in [1.54, 1.807) is 12.1 Å². The summed E-state index contributed by atoms with van der Waals surface area (Å²) in [5.74, 6) is -0.351. The number of H-pyrrole nitrogens is 1. The largest absolute Gasteiger partial charge is 0.494 e. The minimum Gasteiger partial charge on any atom is -0.494 e. The van der Waals surface area contributed by atoms with Gasteiger partial charge >= 0.3 is 0 Å². The Morgan fingerprint density at radius 2 is 2.03 bits per heavy atom. The van der Waals surface area contributed by atoms with Gasteiger partial charge in [-0.05, 0) is 35.0 Å². The summed E-state index contributed by atoms with van der Waals surface area (Å²) in [5, 5.41) is 24.3. The lowest BCUT2D eigenvalue weighted by molar-refractivity contribution is 0.0999. The number of hydrogen-bond donors (Lipinski definition) is 3. The second kappa shape index (κ2) is 7.89. The molecule has 4 aromatic rings. The van der Waals surface area contributed by atoms with Gasteiger partial charge in [-0.2, -0.15) is 0 Å². The van der Waals surface area contributed by atoms with Crippen molar-refractivity contribution in [3.8, 4) is 22.9 Å². The van der Waals surface area contributed by atoms with E-state index in [1.165, 1.54) is 13.2 Å². The number of aliphatic hydroxyl groups excluding tert-OH is 1. The van der Waals surface area contributed by atoms with Crippen LogP contribution in [0, 0.1) is 5.92 Å². The molecule has 0 atom stereocenters. The molecule has 0 amide bonds. The molecule has 1 aliphatic heterocycles. The van der Waals surface area contributed by atoms with Crippen molar-refractivity contribution in [2.45, 2.75) is 0 Å². The number of rotatable bonds is 6. The number of ketones is 1. The molecule has 0 saturated carbocycles. The number of fused-ring (bicyclic) bond motifs is 1. The molecule has 2 aromatic carbocycles. The van der Waals surface area contributed by atoms with Gasteiger partial charge in [0.15, 0.2) is 0 Å². The number of carbonyl (C=O) groups is 1. The van der Waals surface area contributed by atoms with E-state index in [0.29, 0.717) is 21.8 Å². The van der Waals surface area contributed by atoms with Gasteiger partial charge in [-0.25, -0.2) is 0 Å². The van der Waals surface area contributed by atoms with Crippen molar-refractivity contribution in [2.75, 3.05) is 31.7 Å². The molecule has 3 heterocycles. The molecular formula is C23H20ClN3O5. The maximum Gasteiger partial charge on any atom is 0.254 e. The van der Waals surface area contributed by atoms with Gasteiger partial charge in [0.25, 0.3) is 5.88 Å². The van der Waals surface area contributed by atoms with Gasteiger partial charge in [0, 0.05) is 42.3 Å². The standard InChI is InChI=1S/C23H20ClN3O5/c1-31-20-8-19(32-26-20)22(29)21-16-6-15(17(24)7-18(16)25-23(21)30)13-2-4-14(5-3-13)27-9-12(10-27)11-28/h2-8,12,25,28,30H,9-11H2,1H3. The fourth-order valence-corrected chi connectivity index (χ4v) is 4.26. The zero-order valence-electron chi connectivity index (χ0n) is 17.1. The highest BCUT2D eigenvalue weighted by Gasteiger charge is 2.27. The van der Waals surface area contributed by atoms with E-state index in [0.717, 1.165) is 29.9 Å². The van der Waals surface area contributed by atoms with Crippen LogP contribution in [0.2, 0.25) is 5.02 Å². The summed E-state index contributed by atoms with van der Waals surface area (Å²) >= 11 is 6.53. The van der Waals surface area contributed by atoms with Crippen molar-refractivity contribution in [2.24, 2.45) is 5.92 Å². The third-order valence-corrected chi connectivity index (χ3v) is 6.09. The number of nitrogens with one attached hydrogen (secondary N) is 1. The molecule has 32 heavy (non-hydrogen) atoms. The lowest BCUT2D eigenvalue weighted by Crippen LogP contribution is -2.48. The van der Waals surface area contributed by atoms with E-state index in [1.807, 2.05) is 24.3 Å². The van der Waals surface area contributed by atoms with Crippen LogP contribution in [0.4, 0.5) is 5.69 Å². The minimum atomic E-state index is -0.524. The Labute approximate surface area is 188 Å². The van der Waals surface area contributed by atoms with Crippen LogP contribution in [0.15, 0.2) is 47.0 Å². The maximum atomic E-state index is 13.0. The molecular weight excluding hydrogens is 434 g/mol. The lowest BCUT2D eigenvalue weighted by atomic mass is 9.98. The van der Waals surface area contributed by atoms with Crippen LogP contribution in [0.3, 0.4) is 0 Å². The maximum absolute atomic E-state index is 13.0. The Morgan fingerprint density at radius 3 is 2.69 bits per heavy atom. The molecule has 0 radical (unpaired) electrons. The van der Waals surface area contributed by atoms with Crippen LogP contribution in [-0.2, 0) is 0 Å². The van der Waals surface area contributed by atoms with Crippen LogP contribution in [0.1, 0.15) is 16.1 Å². The summed E-state index contributed by atoms with van der Waals surface area (Å²) in [6.45, 7) is 1.88. The number of aromatic nitrogens is 2. The Hall–Kier alpha value is -3.49. The Bertz CT molecular complexity index is 1310. The highest BCUT2D eigenvalue weighted by atomic mass is 35.5. The van der Waals surface area contributed by atoms with Gasteiger partial charge in [-0.1, -0.05) is 23.7 Å². The van der Waals surface area contributed by atoms with E-state index >= 15 is 0 Å². The zero-order chi connectivity index (χ0) is 22.4. The van der Waals surface area contributed by atoms with Crippen LogP contribution in [0.25, 0.3) is 22.0 Å². The summed E-state index contributed by atoms with van der Waals surface area (Å²) in [6, 6.07) is 12.8. The van der Waals surface area contributed by atoms with Gasteiger partial charge in [0.2, 0.25) is 17.4 Å². The average molecular weight is 454 g/mol. The van der Waals surface area contributed by atoms with E-state index < -0.39 is 5.78 Å². The van der Waals surface area contributed by atoms with Crippen LogP contribution in [0.5, 0.6) is 11.8 Å². The molecule has 0 bridgehead atoms. The Balaban J connectivity index is 1.51. The van der Waals surface area contributed by atoms with Gasteiger partial charge in [-0.15, -0.1) is 0 Å². The van der Waals surface area contributed by atoms with E-state index in [4.69, 9.17) is 20.9 Å². The fourth-order valence-electron chi connectivity index (χ4n) is 3.99. The first-order valence-corrected chi connectivity index (χ1v) is 10.4. The molecule has 2 aromatic heterocycles. The Morgan fingerprint density at radius 1 is 1.28 bits per heavy atom. The second-order valence-corrected chi connectivity index (χ2v) is 8.20. The average Bonchev–Trinajstić information content (AvgIpc) is 3.36. The number of aliphatic hydroxyl groups is 1. The van der Waals surface area contributed by atoms with Gasteiger partial charge in [0.1, 0.15) is 0 Å². The van der Waals surface area contributed by atoms with Gasteiger partial charge in [0.05, 0.1) is 29.3 Å². The molecule has 0 unspecified atom stereocenters. The number of aromatic amines is 1. The number of ether oxygens (including phenoxy) is 1. The summed E-state index contributed by atoms with van der Waals surface area (Å²) in [6.07, 6.45) is 0. The molecule has 164 valence electrons. The zero-order valence-corrected chi connectivity index (χ0v) is 17.9. The number of carbonyl (C=O) groups excluding carboxylic acids is 1. The number of methoxy groups -OCH3 is 1. The summed E-state index contributed by atoms with van der Waals surface area (Å²) in [4.78, 5) is 18.0. The first-order chi connectivity index (χ1) is 15.5. The van der Waals surface area contributed by atoms with E-state index in [-0.39, 0.29) is 29.7 Å². The number of benzene rings is 2. The molecule has 1 saturated heterocycles. The van der Waals surface area contributed by atoms with Gasteiger partial charge < -0.3 is 29.4 Å². The van der Waals surface area contributed by atoms with Crippen LogP contribution in [-0.4, -0.2) is 52.9 Å². The predicted molar refractivity (Wildman–Crippen MR) is 120 cm³/mol. The molecule has 0 spiro atoms. The first kappa shape index (κ1) is 20.4. The van der Waals surface area contributed by atoms with Crippen molar-refractivity contribution in [3.05, 3.63) is 58.8 Å². The molecule has 8 nitrogen and oxygen atoms in total. The third-order valence-electron chi connectivity index (χ3n) is 5.77. The predicted octanol–water partition coefficient (Wildman–Crippen LogP) is 3.85. The molecule has 9 heteroatoms. The molecule has 1 fully saturated rings. The number of anilines is 1. The van der Waals surface area contributed by atoms with E-state index in [2.05, 4.69) is 15.0 Å². The van der Waals surface area contributed by atoms with E-state index in [9.17, 15) is 15.0 Å². The molecule has 0 aliphatic carbocycles. The summed E-state index contributed by atoms with van der Waals surface area (Å²) in [5.41, 5.74) is 3.28. The highest BCUT2D eigenvalue weighted by molar-refractivity contribution is 6.34. The molecule has 5 rings (SSSR count). The number of nitrogens with zero attached hydrogens (tertiary/aromatic N) is 2. The number of aromatic hydroxyl groups is 1. The minimum absolute atomic E-state index is 0.0466. The monoisotopic (exact) mass is 453 g/mol. The van der Waals surface area contributed by atoms with Crippen LogP contribution < -0.4 is 9.64 Å². The van der Waals surface area contributed by atoms with Crippen molar-refractivity contribution in [1.82, 2.24) is 10.1 Å². The van der Waals surface area contributed by atoms with Crippen molar-refractivity contribution in [1.29, 1.82) is 0 Å². The number of halogens is 1. The fraction of sp³-hybridized carbons (Fsp3) is 0.217. The third kappa shape index (κ3) is 3.37. The Kier molecular flexibility index (Phi) is 5.03. The lowest BCUT2D eigenvalue weighted by Gasteiger charge is -2.40. The van der Waals surface area contributed by atoms with Crippen molar-refractivity contribution in [3.63, 3.8) is 0 Å². The highest BCUT2D eigenvalue weighted by Crippen LogP contribution is 2.38.